The average Bonchev–Trinajstić information content (AvgIpc) is 2.39. The molecule has 98 valence electrons. The maximum atomic E-state index is 11.2. The zero-order valence-corrected chi connectivity index (χ0v) is 11.2. The Morgan fingerprint density at radius 2 is 1.89 bits per heavy atom. The van der Waals surface area contributed by atoms with Crippen LogP contribution in [-0.2, 0) is 6.54 Å². The molecule has 3 nitrogen and oxygen atoms in total. The molecule has 0 aliphatic carbocycles. The predicted octanol–water partition coefficient (Wildman–Crippen LogP) is 3.96. The number of anilines is 1. The van der Waals surface area contributed by atoms with Crippen LogP contribution in [0.5, 0.6) is 0 Å². The van der Waals surface area contributed by atoms with Gasteiger partial charge in [-0.2, -0.15) is 0 Å². The molecule has 2 aromatic rings. The van der Waals surface area contributed by atoms with Crippen molar-refractivity contribution in [2.75, 3.05) is 5.32 Å². The molecule has 0 amide bonds. The number of aromatic carboxylic acids is 1. The van der Waals surface area contributed by atoms with Gasteiger partial charge in [0, 0.05) is 17.3 Å². The van der Waals surface area contributed by atoms with Gasteiger partial charge in [-0.1, -0.05) is 35.4 Å². The van der Waals surface area contributed by atoms with E-state index in [4.69, 9.17) is 16.7 Å². The minimum absolute atomic E-state index is 0.286. The number of rotatable bonds is 4. The number of hydrogen-bond donors (Lipinski definition) is 2. The molecule has 2 rings (SSSR count). The summed E-state index contributed by atoms with van der Waals surface area (Å²) >= 11 is 5.81. The Bertz CT molecular complexity index is 594. The number of hydrogen-bond acceptors (Lipinski definition) is 2. The van der Waals surface area contributed by atoms with E-state index in [1.807, 2.05) is 37.3 Å². The average molecular weight is 276 g/mol. The van der Waals surface area contributed by atoms with Gasteiger partial charge in [-0.25, -0.2) is 4.79 Å². The Kier molecular flexibility index (Phi) is 4.07. The number of halogens is 1. The van der Waals surface area contributed by atoms with Gasteiger partial charge in [-0.15, -0.1) is 0 Å². The smallest absolute Gasteiger partial charge is 0.337 e. The highest BCUT2D eigenvalue weighted by Crippen LogP contribution is 2.19. The largest absolute Gasteiger partial charge is 0.478 e. The van der Waals surface area contributed by atoms with E-state index in [1.54, 1.807) is 12.1 Å². The summed E-state index contributed by atoms with van der Waals surface area (Å²) in [7, 11) is 0. The Labute approximate surface area is 116 Å². The summed E-state index contributed by atoms with van der Waals surface area (Å²) in [5.74, 6) is -0.928. The van der Waals surface area contributed by atoms with Gasteiger partial charge in [0.1, 0.15) is 0 Å². The third kappa shape index (κ3) is 3.48. The Morgan fingerprint density at radius 1 is 1.21 bits per heavy atom. The van der Waals surface area contributed by atoms with Crippen molar-refractivity contribution in [3.05, 3.63) is 64.2 Å². The summed E-state index contributed by atoms with van der Waals surface area (Å²) in [6.07, 6.45) is 0. The van der Waals surface area contributed by atoms with E-state index in [-0.39, 0.29) is 5.56 Å². The quantitative estimate of drug-likeness (QED) is 0.888. The molecule has 0 atom stereocenters. The van der Waals surface area contributed by atoms with Crippen LogP contribution in [0.15, 0.2) is 42.5 Å². The fourth-order valence-corrected chi connectivity index (χ4v) is 1.91. The van der Waals surface area contributed by atoms with Crippen molar-refractivity contribution in [3.8, 4) is 0 Å². The van der Waals surface area contributed by atoms with Crippen molar-refractivity contribution < 1.29 is 9.90 Å². The van der Waals surface area contributed by atoms with Crippen molar-refractivity contribution in [1.82, 2.24) is 0 Å². The Morgan fingerprint density at radius 3 is 2.53 bits per heavy atom. The van der Waals surface area contributed by atoms with Gasteiger partial charge >= 0.3 is 5.97 Å². The van der Waals surface area contributed by atoms with Crippen LogP contribution in [0.3, 0.4) is 0 Å². The van der Waals surface area contributed by atoms with Gasteiger partial charge in [0.25, 0.3) is 0 Å². The summed E-state index contributed by atoms with van der Waals surface area (Å²) in [6, 6.07) is 12.8. The SMILES string of the molecule is Cc1ccc(NCc2ccc(Cl)cc2)c(C(=O)O)c1. The lowest BCUT2D eigenvalue weighted by Gasteiger charge is -2.10. The second-order valence-corrected chi connectivity index (χ2v) is 4.77. The number of benzene rings is 2. The molecule has 2 aromatic carbocycles. The lowest BCUT2D eigenvalue weighted by Crippen LogP contribution is -2.06. The highest BCUT2D eigenvalue weighted by atomic mass is 35.5. The molecule has 0 aliphatic rings. The second-order valence-electron chi connectivity index (χ2n) is 4.33. The van der Waals surface area contributed by atoms with Crippen LogP contribution in [0, 0.1) is 6.92 Å². The number of carbonyl (C=O) groups is 1. The fourth-order valence-electron chi connectivity index (χ4n) is 1.79. The monoisotopic (exact) mass is 275 g/mol. The van der Waals surface area contributed by atoms with Crippen molar-refractivity contribution >= 4 is 23.3 Å². The normalized spacial score (nSPS) is 10.2. The molecule has 0 bridgehead atoms. The summed E-state index contributed by atoms with van der Waals surface area (Å²) in [5.41, 5.74) is 2.87. The molecule has 2 N–H and O–H groups in total. The highest BCUT2D eigenvalue weighted by molar-refractivity contribution is 6.30. The molecule has 0 aromatic heterocycles. The molecule has 0 saturated carbocycles. The third-order valence-electron chi connectivity index (χ3n) is 2.80. The molecule has 0 aliphatic heterocycles. The third-order valence-corrected chi connectivity index (χ3v) is 3.05. The first-order chi connectivity index (χ1) is 9.06. The molecule has 0 fully saturated rings. The fraction of sp³-hybridized carbons (Fsp3) is 0.133. The van der Waals surface area contributed by atoms with Gasteiger partial charge in [0.15, 0.2) is 0 Å². The molecule has 0 heterocycles. The van der Waals surface area contributed by atoms with E-state index in [2.05, 4.69) is 5.32 Å². The predicted molar refractivity (Wildman–Crippen MR) is 76.9 cm³/mol. The van der Waals surface area contributed by atoms with Gasteiger partial charge in [-0.05, 0) is 36.8 Å². The Hall–Kier alpha value is -2.00. The van der Waals surface area contributed by atoms with E-state index in [0.717, 1.165) is 11.1 Å². The summed E-state index contributed by atoms with van der Waals surface area (Å²) in [6.45, 7) is 2.43. The topological polar surface area (TPSA) is 49.3 Å². The minimum atomic E-state index is -0.928. The number of aryl methyl sites for hydroxylation is 1. The number of carboxylic acid groups (broad SMARTS) is 1. The molecule has 0 radical (unpaired) electrons. The van der Waals surface area contributed by atoms with Crippen LogP contribution in [0.1, 0.15) is 21.5 Å². The lowest BCUT2D eigenvalue weighted by molar-refractivity contribution is 0.0698. The van der Waals surface area contributed by atoms with E-state index in [1.165, 1.54) is 0 Å². The van der Waals surface area contributed by atoms with Gasteiger partial charge < -0.3 is 10.4 Å². The maximum absolute atomic E-state index is 11.2. The van der Waals surface area contributed by atoms with E-state index in [9.17, 15) is 4.79 Å². The first kappa shape index (κ1) is 13.4. The summed E-state index contributed by atoms with van der Waals surface area (Å²) < 4.78 is 0. The molecule has 0 unspecified atom stereocenters. The van der Waals surface area contributed by atoms with Crippen LogP contribution in [0.2, 0.25) is 5.02 Å². The van der Waals surface area contributed by atoms with E-state index in [0.29, 0.717) is 17.3 Å². The van der Waals surface area contributed by atoms with Crippen LogP contribution in [0.25, 0.3) is 0 Å². The molecular weight excluding hydrogens is 262 g/mol. The maximum Gasteiger partial charge on any atom is 0.337 e. The van der Waals surface area contributed by atoms with E-state index < -0.39 is 5.97 Å². The zero-order valence-electron chi connectivity index (χ0n) is 10.5. The summed E-state index contributed by atoms with van der Waals surface area (Å²) in [5, 5.41) is 13.0. The van der Waals surface area contributed by atoms with Crippen molar-refractivity contribution in [2.24, 2.45) is 0 Å². The molecule has 0 saturated heterocycles. The van der Waals surface area contributed by atoms with Crippen molar-refractivity contribution in [3.63, 3.8) is 0 Å². The molecule has 4 heteroatoms. The first-order valence-corrected chi connectivity index (χ1v) is 6.26. The highest BCUT2D eigenvalue weighted by Gasteiger charge is 2.09. The van der Waals surface area contributed by atoms with E-state index >= 15 is 0 Å². The molecule has 19 heavy (non-hydrogen) atoms. The zero-order chi connectivity index (χ0) is 13.8. The van der Waals surface area contributed by atoms with Crippen LogP contribution in [0.4, 0.5) is 5.69 Å². The lowest BCUT2D eigenvalue weighted by atomic mass is 10.1. The minimum Gasteiger partial charge on any atom is -0.478 e. The molecular formula is C15H14ClNO2. The van der Waals surface area contributed by atoms with Gasteiger partial charge in [-0.3, -0.25) is 0 Å². The number of nitrogens with one attached hydrogen (secondary N) is 1. The van der Waals surface area contributed by atoms with Crippen LogP contribution in [-0.4, -0.2) is 11.1 Å². The second kappa shape index (κ2) is 5.76. The first-order valence-electron chi connectivity index (χ1n) is 5.88. The standard InChI is InChI=1S/C15H14ClNO2/c1-10-2-7-14(13(8-10)15(18)19)17-9-11-3-5-12(16)6-4-11/h2-8,17H,9H2,1H3,(H,18,19). The van der Waals surface area contributed by atoms with Crippen LogP contribution < -0.4 is 5.32 Å². The van der Waals surface area contributed by atoms with Crippen molar-refractivity contribution in [2.45, 2.75) is 13.5 Å². The van der Waals surface area contributed by atoms with Gasteiger partial charge in [0.05, 0.1) is 5.56 Å². The Balaban J connectivity index is 2.15. The van der Waals surface area contributed by atoms with Crippen molar-refractivity contribution in [1.29, 1.82) is 0 Å². The van der Waals surface area contributed by atoms with Gasteiger partial charge in [0.2, 0.25) is 0 Å². The molecule has 0 spiro atoms. The van der Waals surface area contributed by atoms with Crippen LogP contribution >= 0.6 is 11.6 Å². The number of carboxylic acids is 1. The summed E-state index contributed by atoms with van der Waals surface area (Å²) in [4.78, 5) is 11.2.